The summed E-state index contributed by atoms with van der Waals surface area (Å²) in [6.07, 6.45) is 7.18. The maximum absolute atomic E-state index is 12.1. The Morgan fingerprint density at radius 1 is 1.17 bits per heavy atom. The van der Waals surface area contributed by atoms with E-state index in [0.717, 1.165) is 38.9 Å². The normalized spacial score (nSPS) is 11.3. The third kappa shape index (κ3) is 4.93. The molecule has 4 aromatic rings. The molecule has 0 aliphatic carbocycles. The molecule has 0 aliphatic heterocycles. The highest BCUT2D eigenvalue weighted by Crippen LogP contribution is 2.16. The molecule has 3 heterocycles. The topological polar surface area (TPSA) is 68.5 Å². The summed E-state index contributed by atoms with van der Waals surface area (Å²) in [7, 11) is 0. The van der Waals surface area contributed by atoms with E-state index in [-0.39, 0.29) is 5.91 Å². The van der Waals surface area contributed by atoms with Gasteiger partial charge in [0.1, 0.15) is 18.0 Å². The quantitative estimate of drug-likeness (QED) is 0.454. The molecule has 1 N–H and O–H groups in total. The molecule has 152 valence electrons. The average molecular weight is 419 g/mol. The Morgan fingerprint density at radius 3 is 2.73 bits per heavy atom. The van der Waals surface area contributed by atoms with Crippen molar-refractivity contribution in [1.29, 1.82) is 0 Å². The monoisotopic (exact) mass is 418 g/mol. The number of fused-ring (bicyclic) bond motifs is 1. The van der Waals surface area contributed by atoms with Gasteiger partial charge in [-0.2, -0.15) is 0 Å². The van der Waals surface area contributed by atoms with Gasteiger partial charge in [-0.05, 0) is 49.2 Å². The fourth-order valence-corrected chi connectivity index (χ4v) is 3.60. The van der Waals surface area contributed by atoms with E-state index in [9.17, 15) is 4.79 Å². The van der Waals surface area contributed by atoms with Crippen LogP contribution in [0.4, 0.5) is 0 Å². The molecule has 0 bridgehead atoms. The van der Waals surface area contributed by atoms with Crippen molar-refractivity contribution >= 4 is 29.0 Å². The zero-order valence-electron chi connectivity index (χ0n) is 16.8. The predicted molar refractivity (Wildman–Crippen MR) is 118 cm³/mol. The molecule has 1 amide bonds. The Balaban J connectivity index is 1.28. The zero-order valence-corrected chi connectivity index (χ0v) is 17.6. The summed E-state index contributed by atoms with van der Waals surface area (Å²) in [6.45, 7) is 4.82. The van der Waals surface area contributed by atoms with Crippen molar-refractivity contribution in [1.82, 2.24) is 19.7 Å². The molecule has 3 aromatic heterocycles. The number of ether oxygens (including phenoxy) is 1. The molecule has 4 rings (SSSR count). The highest BCUT2D eigenvalue weighted by molar-refractivity contribution is 7.09. The molecule has 0 spiro atoms. The minimum Gasteiger partial charge on any atom is -0.487 e. The second kappa shape index (κ2) is 8.92. The fourth-order valence-electron chi connectivity index (χ4n) is 3.01. The van der Waals surface area contributed by atoms with Crippen LogP contribution in [0.3, 0.4) is 0 Å². The first-order valence-electron chi connectivity index (χ1n) is 9.60. The molecule has 30 heavy (non-hydrogen) atoms. The van der Waals surface area contributed by atoms with Gasteiger partial charge in [-0.25, -0.2) is 9.97 Å². The first-order chi connectivity index (χ1) is 14.6. The lowest BCUT2D eigenvalue weighted by Crippen LogP contribution is -2.20. The molecule has 0 atom stereocenters. The number of amides is 1. The van der Waals surface area contributed by atoms with Crippen LogP contribution in [0.2, 0.25) is 0 Å². The van der Waals surface area contributed by atoms with Crippen LogP contribution >= 0.6 is 11.3 Å². The SMILES string of the molecule is Cc1nc(COc2ccc(/C=C/C(=O)NCc3cn4cccc(C)c4n3)cc2)cs1. The zero-order chi connectivity index (χ0) is 20.9. The van der Waals surface area contributed by atoms with Crippen LogP contribution in [-0.2, 0) is 17.9 Å². The van der Waals surface area contributed by atoms with E-state index in [1.54, 1.807) is 17.4 Å². The molecule has 0 saturated carbocycles. The van der Waals surface area contributed by atoms with Gasteiger partial charge in [0.05, 0.1) is 22.9 Å². The van der Waals surface area contributed by atoms with Crippen molar-refractivity contribution in [3.05, 3.63) is 87.8 Å². The molecular formula is C23H22N4O2S. The smallest absolute Gasteiger partial charge is 0.244 e. The maximum Gasteiger partial charge on any atom is 0.244 e. The van der Waals surface area contributed by atoms with Gasteiger partial charge in [-0.15, -0.1) is 11.3 Å². The van der Waals surface area contributed by atoms with Crippen molar-refractivity contribution in [3.8, 4) is 5.75 Å². The third-order valence-corrected chi connectivity index (χ3v) is 5.35. The number of carbonyl (C=O) groups excluding carboxylic acids is 1. The first-order valence-corrected chi connectivity index (χ1v) is 10.5. The molecule has 7 heteroatoms. The standard InChI is InChI=1S/C23H22N4O2S/c1-16-4-3-11-27-13-19(26-23(16)27)12-24-22(28)10-7-18-5-8-21(9-6-18)29-14-20-15-30-17(2)25-20/h3-11,13,15H,12,14H2,1-2H3,(H,24,28)/b10-7+. The molecule has 0 aliphatic rings. The van der Waals surface area contributed by atoms with Gasteiger partial charge >= 0.3 is 0 Å². The van der Waals surface area contributed by atoms with Gasteiger partial charge in [0.2, 0.25) is 5.91 Å². The van der Waals surface area contributed by atoms with Crippen LogP contribution in [0.25, 0.3) is 11.7 Å². The Bertz CT molecular complexity index is 1190. The number of pyridine rings is 1. The van der Waals surface area contributed by atoms with Crippen LogP contribution in [0, 0.1) is 13.8 Å². The van der Waals surface area contributed by atoms with Crippen molar-refractivity contribution in [2.75, 3.05) is 0 Å². The minimum absolute atomic E-state index is 0.164. The summed E-state index contributed by atoms with van der Waals surface area (Å²) < 4.78 is 7.70. The van der Waals surface area contributed by atoms with Crippen molar-refractivity contribution in [3.63, 3.8) is 0 Å². The fraction of sp³-hybridized carbons (Fsp3) is 0.174. The van der Waals surface area contributed by atoms with E-state index in [4.69, 9.17) is 4.74 Å². The van der Waals surface area contributed by atoms with Crippen molar-refractivity contribution < 1.29 is 9.53 Å². The lowest BCUT2D eigenvalue weighted by molar-refractivity contribution is -0.116. The number of nitrogens with one attached hydrogen (secondary N) is 1. The number of aryl methyl sites for hydroxylation is 2. The lowest BCUT2D eigenvalue weighted by Gasteiger charge is -2.04. The van der Waals surface area contributed by atoms with Gasteiger partial charge in [-0.3, -0.25) is 4.79 Å². The number of hydrogen-bond donors (Lipinski definition) is 1. The second-order valence-corrected chi connectivity index (χ2v) is 7.98. The Kier molecular flexibility index (Phi) is 5.90. The predicted octanol–water partition coefficient (Wildman–Crippen LogP) is 4.32. The Morgan fingerprint density at radius 2 is 2.00 bits per heavy atom. The molecule has 6 nitrogen and oxygen atoms in total. The number of thiazole rings is 1. The summed E-state index contributed by atoms with van der Waals surface area (Å²) in [5.41, 5.74) is 4.68. The average Bonchev–Trinajstić information content (AvgIpc) is 3.36. The molecular weight excluding hydrogens is 396 g/mol. The largest absolute Gasteiger partial charge is 0.487 e. The number of aromatic nitrogens is 3. The molecule has 0 saturated heterocycles. The first kappa shape index (κ1) is 19.8. The van der Waals surface area contributed by atoms with Gasteiger partial charge in [0.25, 0.3) is 0 Å². The number of benzene rings is 1. The number of nitrogens with zero attached hydrogens (tertiary/aromatic N) is 3. The number of hydrogen-bond acceptors (Lipinski definition) is 5. The number of imidazole rings is 1. The highest BCUT2D eigenvalue weighted by atomic mass is 32.1. The molecule has 0 radical (unpaired) electrons. The van der Waals surface area contributed by atoms with E-state index in [1.807, 2.05) is 72.4 Å². The summed E-state index contributed by atoms with van der Waals surface area (Å²) >= 11 is 1.61. The van der Waals surface area contributed by atoms with Gasteiger partial charge in [0.15, 0.2) is 0 Å². The van der Waals surface area contributed by atoms with Gasteiger partial charge in [-0.1, -0.05) is 18.2 Å². The minimum atomic E-state index is -0.164. The van der Waals surface area contributed by atoms with Gasteiger partial charge < -0.3 is 14.5 Å². The highest BCUT2D eigenvalue weighted by Gasteiger charge is 2.05. The molecule has 1 aromatic carbocycles. The van der Waals surface area contributed by atoms with E-state index in [0.29, 0.717) is 13.2 Å². The van der Waals surface area contributed by atoms with E-state index < -0.39 is 0 Å². The Labute approximate surface area is 178 Å². The van der Waals surface area contributed by atoms with Crippen LogP contribution in [0.15, 0.2) is 60.2 Å². The van der Waals surface area contributed by atoms with Crippen LogP contribution in [-0.4, -0.2) is 20.3 Å². The Hall–Kier alpha value is -3.45. The second-order valence-electron chi connectivity index (χ2n) is 6.92. The number of rotatable bonds is 7. The number of carbonyl (C=O) groups is 1. The summed E-state index contributed by atoms with van der Waals surface area (Å²) in [5.74, 6) is 0.604. The van der Waals surface area contributed by atoms with Crippen LogP contribution in [0.1, 0.15) is 27.5 Å². The third-order valence-electron chi connectivity index (χ3n) is 4.53. The lowest BCUT2D eigenvalue weighted by atomic mass is 10.2. The van der Waals surface area contributed by atoms with E-state index in [1.165, 1.54) is 6.08 Å². The van der Waals surface area contributed by atoms with Crippen molar-refractivity contribution in [2.24, 2.45) is 0 Å². The van der Waals surface area contributed by atoms with E-state index >= 15 is 0 Å². The van der Waals surface area contributed by atoms with Crippen molar-refractivity contribution in [2.45, 2.75) is 27.0 Å². The summed E-state index contributed by atoms with van der Waals surface area (Å²) in [5, 5.41) is 5.90. The summed E-state index contributed by atoms with van der Waals surface area (Å²) in [6, 6.07) is 11.6. The van der Waals surface area contributed by atoms with Crippen LogP contribution < -0.4 is 10.1 Å². The van der Waals surface area contributed by atoms with E-state index in [2.05, 4.69) is 15.3 Å². The summed E-state index contributed by atoms with van der Waals surface area (Å²) in [4.78, 5) is 21.1. The molecule has 0 unspecified atom stereocenters. The maximum atomic E-state index is 12.1. The van der Waals surface area contributed by atoms with Crippen LogP contribution in [0.5, 0.6) is 5.75 Å². The molecule has 0 fully saturated rings. The van der Waals surface area contributed by atoms with Gasteiger partial charge in [0, 0.05) is 23.8 Å².